The van der Waals surface area contributed by atoms with Gasteiger partial charge in [-0.2, -0.15) is 4.31 Å². The number of sulfonamides is 1. The standard InChI is InChI=1S/C32H44N8O8S/c1-2-3-4-5-9-14-27(41)37-22-16-21(17-23(18-22)38-32(33)34)29(43)36-20-28(42)35-19-25(31(45)46)39-30(44)26-13-10-15-40(26)49(47,48)24-11-7-6-8-12-24/h6-8,11-12,16-18,25-26H,2-5,9-10,13-15,19-20H2,1H3,(H,35,42)(H,36,43)(H,37,41)(H,39,44)(H,45,46)(H4,33,34,38)/t25?,26-/m0/s1. The minimum atomic E-state index is -4.00. The second kappa shape index (κ2) is 18.5. The third-order valence-corrected chi connectivity index (χ3v) is 9.57. The fraction of sp³-hybridized carbons (Fsp3) is 0.438. The predicted octanol–water partition coefficient (Wildman–Crippen LogP) is 1.56. The van der Waals surface area contributed by atoms with Crippen LogP contribution in [-0.4, -0.2) is 85.1 Å². The predicted molar refractivity (Wildman–Crippen MR) is 182 cm³/mol. The summed E-state index contributed by atoms with van der Waals surface area (Å²) in [5, 5.41) is 29.5. The monoisotopic (exact) mass is 700 g/mol. The quantitative estimate of drug-likeness (QED) is 0.0633. The van der Waals surface area contributed by atoms with Gasteiger partial charge in [0.25, 0.3) is 5.91 Å². The molecule has 1 unspecified atom stereocenters. The van der Waals surface area contributed by atoms with E-state index in [4.69, 9.17) is 11.1 Å². The van der Waals surface area contributed by atoms with Gasteiger partial charge in [-0.1, -0.05) is 50.8 Å². The van der Waals surface area contributed by atoms with Gasteiger partial charge in [0.2, 0.25) is 27.7 Å². The summed E-state index contributed by atoms with van der Waals surface area (Å²) in [6.45, 7) is 1.09. The molecule has 0 aliphatic carbocycles. The van der Waals surface area contributed by atoms with Crippen molar-refractivity contribution in [3.63, 3.8) is 0 Å². The molecule has 16 nitrogen and oxygen atoms in total. The molecule has 0 saturated carbocycles. The fourth-order valence-corrected chi connectivity index (χ4v) is 6.88. The molecule has 4 amide bonds. The van der Waals surface area contributed by atoms with E-state index in [9.17, 15) is 37.5 Å². The van der Waals surface area contributed by atoms with Gasteiger partial charge in [-0.05, 0) is 49.6 Å². The number of carbonyl (C=O) groups excluding carboxylic acids is 4. The lowest BCUT2D eigenvalue weighted by Gasteiger charge is -2.25. The van der Waals surface area contributed by atoms with Crippen LogP contribution in [0.2, 0.25) is 0 Å². The average molecular weight is 701 g/mol. The van der Waals surface area contributed by atoms with Gasteiger partial charge < -0.3 is 37.4 Å². The van der Waals surface area contributed by atoms with Crippen LogP contribution in [0, 0.1) is 5.41 Å². The number of carbonyl (C=O) groups is 5. The molecule has 17 heteroatoms. The van der Waals surface area contributed by atoms with Crippen molar-refractivity contribution < 1.29 is 37.5 Å². The molecule has 2 aromatic rings. The van der Waals surface area contributed by atoms with Crippen LogP contribution in [0.25, 0.3) is 0 Å². The number of hydrogen-bond acceptors (Lipinski definition) is 8. The lowest BCUT2D eigenvalue weighted by molar-refractivity contribution is -0.142. The average Bonchev–Trinajstić information content (AvgIpc) is 3.57. The molecule has 2 atom stereocenters. The number of nitrogens with zero attached hydrogens (tertiary/aromatic N) is 1. The maximum absolute atomic E-state index is 13.1. The van der Waals surface area contributed by atoms with Gasteiger partial charge in [0, 0.05) is 36.4 Å². The largest absolute Gasteiger partial charge is 0.480 e. The third-order valence-electron chi connectivity index (χ3n) is 7.65. The number of nitrogens with one attached hydrogen (secondary N) is 6. The lowest BCUT2D eigenvalue weighted by Crippen LogP contribution is -2.54. The summed E-state index contributed by atoms with van der Waals surface area (Å²) in [6.07, 6.45) is 5.72. The molecule has 9 N–H and O–H groups in total. The molecule has 1 saturated heterocycles. The highest BCUT2D eigenvalue weighted by Gasteiger charge is 2.40. The SMILES string of the molecule is CCCCCCCC(=O)Nc1cc(NC(=N)N)cc(C(=O)NCC(=O)NCC(NC(=O)[C@@H]2CCCN2S(=O)(=O)c2ccccc2)C(=O)O)c1. The normalized spacial score (nSPS) is 15.1. The van der Waals surface area contributed by atoms with E-state index in [0.29, 0.717) is 19.3 Å². The molecule has 1 heterocycles. The zero-order valence-corrected chi connectivity index (χ0v) is 28.1. The number of nitrogens with two attached hydrogens (primary N) is 1. The van der Waals surface area contributed by atoms with Crippen molar-refractivity contribution in [3.05, 3.63) is 54.1 Å². The van der Waals surface area contributed by atoms with Gasteiger partial charge >= 0.3 is 5.97 Å². The molecule has 1 aliphatic rings. The van der Waals surface area contributed by atoms with Crippen LogP contribution >= 0.6 is 0 Å². The van der Waals surface area contributed by atoms with Crippen LogP contribution in [0.15, 0.2) is 53.4 Å². The summed E-state index contributed by atoms with van der Waals surface area (Å²) < 4.78 is 27.3. The number of hydrogen-bond donors (Lipinski definition) is 8. The Morgan fingerprint density at radius 1 is 0.959 bits per heavy atom. The van der Waals surface area contributed by atoms with Crippen LogP contribution in [0.3, 0.4) is 0 Å². The Hall–Kier alpha value is -5.03. The topological polar surface area (TPSA) is 253 Å². The van der Waals surface area contributed by atoms with E-state index >= 15 is 0 Å². The summed E-state index contributed by atoms with van der Waals surface area (Å²) in [4.78, 5) is 62.9. The minimum absolute atomic E-state index is 0.00905. The van der Waals surface area contributed by atoms with E-state index in [-0.39, 0.29) is 40.7 Å². The highest BCUT2D eigenvalue weighted by atomic mass is 32.2. The van der Waals surface area contributed by atoms with Crippen molar-refractivity contribution in [2.75, 3.05) is 30.3 Å². The highest BCUT2D eigenvalue weighted by Crippen LogP contribution is 2.26. The van der Waals surface area contributed by atoms with Crippen LogP contribution in [-0.2, 0) is 29.2 Å². The van der Waals surface area contributed by atoms with Crippen LogP contribution in [0.4, 0.5) is 11.4 Å². The molecular weight excluding hydrogens is 656 g/mol. The van der Waals surface area contributed by atoms with Crippen molar-refractivity contribution in [2.45, 2.75) is 75.3 Å². The summed E-state index contributed by atoms with van der Waals surface area (Å²) in [6, 6.07) is 9.14. The number of unbranched alkanes of at least 4 members (excludes halogenated alkanes) is 4. The first kappa shape index (κ1) is 38.4. The Balaban J connectivity index is 1.56. The maximum atomic E-state index is 13.1. The second-order valence-electron chi connectivity index (χ2n) is 11.5. The van der Waals surface area contributed by atoms with E-state index in [1.54, 1.807) is 18.2 Å². The molecule has 1 fully saturated rings. The first-order valence-corrected chi connectivity index (χ1v) is 17.5. The summed E-state index contributed by atoms with van der Waals surface area (Å²) in [7, 11) is -4.00. The zero-order chi connectivity index (χ0) is 36.0. The molecule has 0 bridgehead atoms. The summed E-state index contributed by atoms with van der Waals surface area (Å²) >= 11 is 0. The minimum Gasteiger partial charge on any atom is -0.480 e. The van der Waals surface area contributed by atoms with E-state index < -0.39 is 64.8 Å². The van der Waals surface area contributed by atoms with Gasteiger partial charge in [0.15, 0.2) is 5.96 Å². The number of carboxylic acids is 1. The van der Waals surface area contributed by atoms with Crippen molar-refractivity contribution in [2.24, 2.45) is 5.73 Å². The Labute approximate surface area is 285 Å². The molecular formula is C32H44N8O8S. The third kappa shape index (κ3) is 11.9. The van der Waals surface area contributed by atoms with Gasteiger partial charge in [-0.3, -0.25) is 24.6 Å². The van der Waals surface area contributed by atoms with E-state index in [1.807, 2.05) is 0 Å². The first-order chi connectivity index (χ1) is 23.3. The number of anilines is 2. The van der Waals surface area contributed by atoms with Gasteiger partial charge in [0.05, 0.1) is 11.4 Å². The molecule has 3 rings (SSSR count). The Bertz CT molecular complexity index is 1620. The van der Waals surface area contributed by atoms with E-state index in [2.05, 4.69) is 33.5 Å². The summed E-state index contributed by atoms with van der Waals surface area (Å²) in [5.74, 6) is -4.40. The maximum Gasteiger partial charge on any atom is 0.328 e. The number of rotatable bonds is 18. The van der Waals surface area contributed by atoms with E-state index in [1.165, 1.54) is 30.3 Å². The number of carboxylic acid groups (broad SMARTS) is 1. The Morgan fingerprint density at radius 2 is 1.63 bits per heavy atom. The Kier molecular flexibility index (Phi) is 14.5. The van der Waals surface area contributed by atoms with Crippen LogP contribution in [0.1, 0.15) is 68.6 Å². The lowest BCUT2D eigenvalue weighted by atomic mass is 10.1. The van der Waals surface area contributed by atoms with Crippen LogP contribution < -0.4 is 32.3 Å². The molecule has 2 aromatic carbocycles. The number of benzene rings is 2. The van der Waals surface area contributed by atoms with Gasteiger partial charge in [0.1, 0.15) is 12.1 Å². The summed E-state index contributed by atoms with van der Waals surface area (Å²) in [5.41, 5.74) is 6.00. The highest BCUT2D eigenvalue weighted by molar-refractivity contribution is 7.89. The smallest absolute Gasteiger partial charge is 0.328 e. The molecule has 0 radical (unpaired) electrons. The molecule has 1 aliphatic heterocycles. The molecule has 0 spiro atoms. The fourth-order valence-electron chi connectivity index (χ4n) is 5.20. The van der Waals surface area contributed by atoms with Crippen molar-refractivity contribution in [1.82, 2.24) is 20.3 Å². The number of amides is 4. The first-order valence-electron chi connectivity index (χ1n) is 16.0. The zero-order valence-electron chi connectivity index (χ0n) is 27.3. The number of aliphatic carboxylic acids is 1. The van der Waals surface area contributed by atoms with E-state index in [0.717, 1.165) is 30.0 Å². The van der Waals surface area contributed by atoms with Crippen molar-refractivity contribution >= 4 is 57.0 Å². The van der Waals surface area contributed by atoms with Crippen molar-refractivity contribution in [3.8, 4) is 0 Å². The molecule has 49 heavy (non-hydrogen) atoms. The second-order valence-corrected chi connectivity index (χ2v) is 13.4. The van der Waals surface area contributed by atoms with Crippen molar-refractivity contribution in [1.29, 1.82) is 5.41 Å². The molecule has 266 valence electrons. The van der Waals surface area contributed by atoms with Crippen LogP contribution in [0.5, 0.6) is 0 Å². The van der Waals surface area contributed by atoms with Gasteiger partial charge in [-0.15, -0.1) is 0 Å². The van der Waals surface area contributed by atoms with Gasteiger partial charge in [-0.25, -0.2) is 13.2 Å². The Morgan fingerprint density at radius 3 is 2.29 bits per heavy atom. The number of guanidine groups is 1. The molecule has 0 aromatic heterocycles.